The first-order valence-electron chi connectivity index (χ1n) is 5.88. The van der Waals surface area contributed by atoms with E-state index in [0.717, 1.165) is 11.4 Å². The van der Waals surface area contributed by atoms with Crippen molar-refractivity contribution in [1.29, 1.82) is 5.26 Å². The highest BCUT2D eigenvalue weighted by Crippen LogP contribution is 2.32. The second-order valence-electron chi connectivity index (χ2n) is 4.00. The van der Waals surface area contributed by atoms with Crippen LogP contribution in [0.1, 0.15) is 12.5 Å². The maximum atomic E-state index is 13.0. The molecule has 0 spiro atoms. The molecule has 0 aliphatic carbocycles. The van der Waals surface area contributed by atoms with Crippen molar-refractivity contribution >= 4 is 23.0 Å². The molecule has 0 bridgehead atoms. The zero-order valence-corrected chi connectivity index (χ0v) is 11.2. The fourth-order valence-corrected chi connectivity index (χ4v) is 2.19. The molecule has 0 saturated carbocycles. The lowest BCUT2D eigenvalue weighted by Crippen LogP contribution is -2.16. The molecule has 0 unspecified atom stereocenters. The zero-order chi connectivity index (χ0) is 13.8. The topological polar surface area (TPSA) is 27.0 Å². The van der Waals surface area contributed by atoms with Crippen LogP contribution in [-0.4, -0.2) is 6.54 Å². The molecule has 0 fully saturated rings. The highest BCUT2D eigenvalue weighted by atomic mass is 35.5. The van der Waals surface area contributed by atoms with Crippen LogP contribution in [0, 0.1) is 17.1 Å². The smallest absolute Gasteiger partial charge is 0.123 e. The van der Waals surface area contributed by atoms with E-state index in [2.05, 4.69) is 0 Å². The Labute approximate surface area is 116 Å². The molecule has 0 heterocycles. The number of rotatable bonds is 3. The van der Waals surface area contributed by atoms with Crippen molar-refractivity contribution in [2.24, 2.45) is 0 Å². The van der Waals surface area contributed by atoms with Crippen LogP contribution in [0.4, 0.5) is 15.8 Å². The minimum atomic E-state index is -0.272. The summed E-state index contributed by atoms with van der Waals surface area (Å²) in [4.78, 5) is 1.96. The Bertz CT molecular complexity index is 617. The van der Waals surface area contributed by atoms with Crippen molar-refractivity contribution in [3.63, 3.8) is 0 Å². The second-order valence-corrected chi connectivity index (χ2v) is 4.41. The maximum Gasteiger partial charge on any atom is 0.123 e. The molecule has 0 N–H and O–H groups in total. The Morgan fingerprint density at radius 3 is 2.42 bits per heavy atom. The first kappa shape index (κ1) is 13.4. The lowest BCUT2D eigenvalue weighted by molar-refractivity contribution is 0.628. The Kier molecular flexibility index (Phi) is 4.03. The highest BCUT2D eigenvalue weighted by molar-refractivity contribution is 6.33. The third-order valence-corrected chi connectivity index (χ3v) is 3.12. The van der Waals surface area contributed by atoms with Crippen LogP contribution < -0.4 is 4.90 Å². The summed E-state index contributed by atoms with van der Waals surface area (Å²) in [6.07, 6.45) is 0. The molecule has 2 rings (SSSR count). The number of nitriles is 1. The van der Waals surface area contributed by atoms with Crippen molar-refractivity contribution in [2.45, 2.75) is 6.92 Å². The van der Waals surface area contributed by atoms with Crippen molar-refractivity contribution in [2.75, 3.05) is 11.4 Å². The lowest BCUT2D eigenvalue weighted by atomic mass is 10.2. The van der Waals surface area contributed by atoms with Gasteiger partial charge in [-0.05, 0) is 49.4 Å². The van der Waals surface area contributed by atoms with E-state index < -0.39 is 0 Å². The molecule has 0 atom stereocenters. The minimum absolute atomic E-state index is 0.272. The predicted molar refractivity (Wildman–Crippen MR) is 75.2 cm³/mol. The number of nitrogens with zero attached hydrogens (tertiary/aromatic N) is 2. The Morgan fingerprint density at radius 2 is 1.89 bits per heavy atom. The average molecular weight is 275 g/mol. The number of hydrogen-bond acceptors (Lipinski definition) is 2. The monoisotopic (exact) mass is 274 g/mol. The molecule has 0 aliphatic rings. The van der Waals surface area contributed by atoms with Gasteiger partial charge in [0, 0.05) is 12.2 Å². The van der Waals surface area contributed by atoms with Crippen LogP contribution in [0.2, 0.25) is 5.02 Å². The molecule has 0 saturated heterocycles. The highest BCUT2D eigenvalue weighted by Gasteiger charge is 2.11. The van der Waals surface area contributed by atoms with Gasteiger partial charge in [0.25, 0.3) is 0 Å². The van der Waals surface area contributed by atoms with Crippen LogP contribution in [-0.2, 0) is 0 Å². The summed E-state index contributed by atoms with van der Waals surface area (Å²) in [5.41, 5.74) is 2.18. The quantitative estimate of drug-likeness (QED) is 0.823. The summed E-state index contributed by atoms with van der Waals surface area (Å²) in [6.45, 7) is 2.68. The largest absolute Gasteiger partial charge is 0.341 e. The van der Waals surface area contributed by atoms with Gasteiger partial charge in [0.2, 0.25) is 0 Å². The van der Waals surface area contributed by atoms with Gasteiger partial charge in [0.15, 0.2) is 0 Å². The van der Waals surface area contributed by atoms with Crippen LogP contribution in [0.3, 0.4) is 0 Å². The van der Waals surface area contributed by atoms with Gasteiger partial charge in [-0.25, -0.2) is 4.39 Å². The van der Waals surface area contributed by atoms with Crippen LogP contribution in [0.15, 0.2) is 42.5 Å². The predicted octanol–water partition coefficient (Wildman–Crippen LogP) is 4.51. The van der Waals surface area contributed by atoms with E-state index in [-0.39, 0.29) is 5.82 Å². The van der Waals surface area contributed by atoms with Gasteiger partial charge in [0.05, 0.1) is 22.3 Å². The standard InChI is InChI=1S/C15H12ClFN2/c1-2-19(13-6-4-12(17)5-7-13)15-8-3-11(10-18)9-14(15)16/h3-9H,2H2,1H3. The first-order chi connectivity index (χ1) is 9.15. The molecular formula is C15H12ClFN2. The van der Waals surface area contributed by atoms with Gasteiger partial charge in [-0.15, -0.1) is 0 Å². The molecule has 19 heavy (non-hydrogen) atoms. The van der Waals surface area contributed by atoms with Crippen molar-refractivity contribution in [3.8, 4) is 6.07 Å². The summed E-state index contributed by atoms with van der Waals surface area (Å²) in [6, 6.07) is 13.4. The molecule has 2 nitrogen and oxygen atoms in total. The van der Waals surface area contributed by atoms with E-state index >= 15 is 0 Å². The fraction of sp³-hybridized carbons (Fsp3) is 0.133. The van der Waals surface area contributed by atoms with Gasteiger partial charge < -0.3 is 4.90 Å². The number of anilines is 2. The third kappa shape index (κ3) is 2.86. The molecular weight excluding hydrogens is 263 g/mol. The molecule has 4 heteroatoms. The normalized spacial score (nSPS) is 10.0. The molecule has 0 radical (unpaired) electrons. The second kappa shape index (κ2) is 5.73. The van der Waals surface area contributed by atoms with E-state index in [1.807, 2.05) is 17.9 Å². The summed E-state index contributed by atoms with van der Waals surface area (Å²) in [5, 5.41) is 9.34. The van der Waals surface area contributed by atoms with Gasteiger partial charge in [-0.2, -0.15) is 5.26 Å². The number of hydrogen-bond donors (Lipinski definition) is 0. The summed E-state index contributed by atoms with van der Waals surface area (Å²) in [5.74, 6) is -0.272. The van der Waals surface area contributed by atoms with Crippen molar-refractivity contribution in [1.82, 2.24) is 0 Å². The van der Waals surface area contributed by atoms with Gasteiger partial charge >= 0.3 is 0 Å². The van der Waals surface area contributed by atoms with Gasteiger partial charge in [-0.3, -0.25) is 0 Å². The maximum absolute atomic E-state index is 13.0. The molecule has 0 aromatic heterocycles. The van der Waals surface area contributed by atoms with Crippen molar-refractivity contribution in [3.05, 3.63) is 58.9 Å². The van der Waals surface area contributed by atoms with Crippen molar-refractivity contribution < 1.29 is 4.39 Å². The Hall–Kier alpha value is -2.05. The van der Waals surface area contributed by atoms with Crippen LogP contribution in [0.25, 0.3) is 0 Å². The van der Waals surface area contributed by atoms with Gasteiger partial charge in [-0.1, -0.05) is 11.6 Å². The SMILES string of the molecule is CCN(c1ccc(F)cc1)c1ccc(C#N)cc1Cl. The molecule has 0 aliphatic heterocycles. The average Bonchev–Trinajstić information content (AvgIpc) is 2.43. The Balaban J connectivity index is 2.42. The van der Waals surface area contributed by atoms with Crippen LogP contribution in [0.5, 0.6) is 0 Å². The van der Waals surface area contributed by atoms with Gasteiger partial charge in [0.1, 0.15) is 5.82 Å². The third-order valence-electron chi connectivity index (χ3n) is 2.82. The van der Waals surface area contributed by atoms with E-state index in [4.69, 9.17) is 16.9 Å². The number of benzene rings is 2. The zero-order valence-electron chi connectivity index (χ0n) is 10.4. The Morgan fingerprint density at radius 1 is 1.21 bits per heavy atom. The van der Waals surface area contributed by atoms with E-state index in [9.17, 15) is 4.39 Å². The van der Waals surface area contributed by atoms with E-state index in [0.29, 0.717) is 17.1 Å². The summed E-state index contributed by atoms with van der Waals surface area (Å²) in [7, 11) is 0. The molecule has 96 valence electrons. The summed E-state index contributed by atoms with van der Waals surface area (Å²) < 4.78 is 13.0. The lowest BCUT2D eigenvalue weighted by Gasteiger charge is -2.24. The summed E-state index contributed by atoms with van der Waals surface area (Å²) >= 11 is 6.20. The molecule has 2 aromatic rings. The number of halogens is 2. The first-order valence-corrected chi connectivity index (χ1v) is 6.26. The minimum Gasteiger partial charge on any atom is -0.341 e. The fourth-order valence-electron chi connectivity index (χ4n) is 1.91. The van der Waals surface area contributed by atoms with E-state index in [1.165, 1.54) is 12.1 Å². The molecule has 0 amide bonds. The van der Waals surface area contributed by atoms with E-state index in [1.54, 1.807) is 30.3 Å². The van der Waals surface area contributed by atoms with Crippen LogP contribution >= 0.6 is 11.6 Å². The molecule has 2 aromatic carbocycles.